The Hall–Kier alpha value is -2.62. The molecule has 0 spiro atoms. The molecule has 3 rings (SSSR count). The molecule has 0 fully saturated rings. The predicted octanol–water partition coefficient (Wildman–Crippen LogP) is 3.32. The maximum atomic E-state index is 11.2. The third kappa shape index (κ3) is 1.95. The zero-order valence-electron chi connectivity index (χ0n) is 11.3. The summed E-state index contributed by atoms with van der Waals surface area (Å²) in [5, 5.41) is 9.21. The number of carbonyl (C=O) groups is 1. The van der Waals surface area contributed by atoms with Gasteiger partial charge in [0.1, 0.15) is 5.56 Å². The number of nitrogens with zero attached hydrogens (tertiary/aromatic N) is 2. The van der Waals surface area contributed by atoms with Crippen molar-refractivity contribution in [1.29, 1.82) is 0 Å². The molecule has 4 heteroatoms. The minimum Gasteiger partial charge on any atom is -0.478 e. The van der Waals surface area contributed by atoms with Gasteiger partial charge >= 0.3 is 5.97 Å². The lowest BCUT2D eigenvalue weighted by atomic mass is 10.0. The molecule has 4 nitrogen and oxygen atoms in total. The van der Waals surface area contributed by atoms with Gasteiger partial charge in [-0.1, -0.05) is 17.7 Å². The zero-order chi connectivity index (χ0) is 14.3. The van der Waals surface area contributed by atoms with Crippen molar-refractivity contribution < 1.29 is 9.90 Å². The van der Waals surface area contributed by atoms with Crippen LogP contribution in [0, 0.1) is 13.8 Å². The Labute approximate surface area is 116 Å². The molecule has 3 aromatic rings. The topological polar surface area (TPSA) is 54.6 Å². The molecule has 0 radical (unpaired) electrons. The minimum atomic E-state index is -0.964. The standard InChI is InChI=1S/C16H14N2O2/c1-10-5-6-11(2)13(8-10)14-9-18-7-3-4-12(16(19)20)15(18)17-14/h3-9H,1-2H3,(H,19,20). The Morgan fingerprint density at radius 3 is 2.80 bits per heavy atom. The second-order valence-electron chi connectivity index (χ2n) is 4.90. The summed E-state index contributed by atoms with van der Waals surface area (Å²) in [7, 11) is 0. The molecule has 2 heterocycles. The first kappa shape index (κ1) is 12.4. The van der Waals surface area contributed by atoms with Gasteiger partial charge in [0.25, 0.3) is 0 Å². The average Bonchev–Trinajstić information content (AvgIpc) is 2.84. The van der Waals surface area contributed by atoms with Crippen LogP contribution in [-0.2, 0) is 0 Å². The maximum absolute atomic E-state index is 11.2. The first-order chi connectivity index (χ1) is 9.56. The molecule has 1 aromatic carbocycles. The van der Waals surface area contributed by atoms with E-state index in [0.29, 0.717) is 5.65 Å². The molecule has 0 amide bonds. The van der Waals surface area contributed by atoms with E-state index in [0.717, 1.165) is 22.4 Å². The van der Waals surface area contributed by atoms with Gasteiger partial charge in [-0.05, 0) is 37.6 Å². The number of pyridine rings is 1. The second-order valence-corrected chi connectivity index (χ2v) is 4.90. The van der Waals surface area contributed by atoms with Crippen molar-refractivity contribution in [2.45, 2.75) is 13.8 Å². The van der Waals surface area contributed by atoms with Gasteiger partial charge < -0.3 is 9.51 Å². The first-order valence-corrected chi connectivity index (χ1v) is 6.35. The largest absolute Gasteiger partial charge is 0.478 e. The monoisotopic (exact) mass is 266 g/mol. The van der Waals surface area contributed by atoms with Crippen molar-refractivity contribution in [2.24, 2.45) is 0 Å². The van der Waals surface area contributed by atoms with Crippen molar-refractivity contribution in [3.8, 4) is 11.3 Å². The molecule has 0 aliphatic carbocycles. The summed E-state index contributed by atoms with van der Waals surface area (Å²) in [6, 6.07) is 9.45. The quantitative estimate of drug-likeness (QED) is 0.774. The lowest BCUT2D eigenvalue weighted by Crippen LogP contribution is -1.99. The van der Waals surface area contributed by atoms with E-state index in [1.807, 2.05) is 32.3 Å². The van der Waals surface area contributed by atoms with E-state index in [2.05, 4.69) is 17.1 Å². The van der Waals surface area contributed by atoms with Crippen LogP contribution < -0.4 is 0 Å². The number of aromatic carboxylic acids is 1. The van der Waals surface area contributed by atoms with Crippen LogP contribution in [0.2, 0.25) is 0 Å². The van der Waals surface area contributed by atoms with E-state index in [1.54, 1.807) is 16.5 Å². The molecule has 100 valence electrons. The van der Waals surface area contributed by atoms with Crippen LogP contribution in [0.25, 0.3) is 16.9 Å². The highest BCUT2D eigenvalue weighted by molar-refractivity contribution is 5.94. The smallest absolute Gasteiger partial charge is 0.339 e. The molecule has 0 bridgehead atoms. The minimum absolute atomic E-state index is 0.212. The normalized spacial score (nSPS) is 10.9. The van der Waals surface area contributed by atoms with Crippen molar-refractivity contribution >= 4 is 11.6 Å². The summed E-state index contributed by atoms with van der Waals surface area (Å²) in [4.78, 5) is 15.7. The Bertz CT molecular complexity index is 818. The molecule has 0 unspecified atom stereocenters. The zero-order valence-corrected chi connectivity index (χ0v) is 11.3. The van der Waals surface area contributed by atoms with Crippen molar-refractivity contribution in [3.63, 3.8) is 0 Å². The summed E-state index contributed by atoms with van der Waals surface area (Å²) >= 11 is 0. The van der Waals surface area contributed by atoms with E-state index in [-0.39, 0.29) is 5.56 Å². The van der Waals surface area contributed by atoms with Crippen LogP contribution in [-0.4, -0.2) is 20.5 Å². The van der Waals surface area contributed by atoms with Crippen molar-refractivity contribution in [2.75, 3.05) is 0 Å². The molecular weight excluding hydrogens is 252 g/mol. The summed E-state index contributed by atoms with van der Waals surface area (Å²) in [6.45, 7) is 4.05. The number of carboxylic acids is 1. The molecule has 2 aromatic heterocycles. The number of hydrogen-bond acceptors (Lipinski definition) is 2. The van der Waals surface area contributed by atoms with Gasteiger partial charge in [0, 0.05) is 18.0 Å². The van der Waals surface area contributed by atoms with Gasteiger partial charge in [0.05, 0.1) is 5.69 Å². The van der Waals surface area contributed by atoms with E-state index >= 15 is 0 Å². The fourth-order valence-electron chi connectivity index (χ4n) is 2.32. The highest BCUT2D eigenvalue weighted by Crippen LogP contribution is 2.25. The van der Waals surface area contributed by atoms with E-state index in [9.17, 15) is 9.90 Å². The number of aryl methyl sites for hydroxylation is 2. The van der Waals surface area contributed by atoms with Crippen LogP contribution in [0.1, 0.15) is 21.5 Å². The highest BCUT2D eigenvalue weighted by Gasteiger charge is 2.13. The number of benzene rings is 1. The molecular formula is C16H14N2O2. The molecule has 0 atom stereocenters. The van der Waals surface area contributed by atoms with Gasteiger partial charge in [0.15, 0.2) is 5.65 Å². The SMILES string of the molecule is Cc1ccc(C)c(-c2cn3cccc(C(=O)O)c3n2)c1. The summed E-state index contributed by atoms with van der Waals surface area (Å²) in [5.74, 6) is -0.964. The van der Waals surface area contributed by atoms with Gasteiger partial charge in [0.2, 0.25) is 0 Å². The molecule has 0 saturated heterocycles. The fraction of sp³-hybridized carbons (Fsp3) is 0.125. The third-order valence-electron chi connectivity index (χ3n) is 3.38. The van der Waals surface area contributed by atoms with E-state index in [4.69, 9.17) is 0 Å². The lowest BCUT2D eigenvalue weighted by Gasteiger charge is -2.03. The Balaban J connectivity index is 2.26. The first-order valence-electron chi connectivity index (χ1n) is 6.35. The second kappa shape index (κ2) is 4.49. The van der Waals surface area contributed by atoms with Crippen LogP contribution in [0.4, 0.5) is 0 Å². The van der Waals surface area contributed by atoms with E-state index < -0.39 is 5.97 Å². The van der Waals surface area contributed by atoms with Crippen LogP contribution in [0.3, 0.4) is 0 Å². The Morgan fingerprint density at radius 1 is 1.25 bits per heavy atom. The Morgan fingerprint density at radius 2 is 2.05 bits per heavy atom. The van der Waals surface area contributed by atoms with Crippen molar-refractivity contribution in [3.05, 3.63) is 59.4 Å². The summed E-state index contributed by atoms with van der Waals surface area (Å²) in [5.41, 5.74) is 4.78. The van der Waals surface area contributed by atoms with Gasteiger partial charge in [-0.25, -0.2) is 9.78 Å². The number of hydrogen-bond donors (Lipinski definition) is 1. The molecule has 0 saturated carbocycles. The van der Waals surface area contributed by atoms with Crippen LogP contribution >= 0.6 is 0 Å². The molecule has 0 aliphatic heterocycles. The molecule has 20 heavy (non-hydrogen) atoms. The highest BCUT2D eigenvalue weighted by atomic mass is 16.4. The predicted molar refractivity (Wildman–Crippen MR) is 77.1 cm³/mol. The Kier molecular flexibility index (Phi) is 2.79. The van der Waals surface area contributed by atoms with Crippen LogP contribution in [0.15, 0.2) is 42.7 Å². The lowest BCUT2D eigenvalue weighted by molar-refractivity contribution is 0.0698. The fourth-order valence-corrected chi connectivity index (χ4v) is 2.32. The molecule has 0 aliphatic rings. The number of carboxylic acid groups (broad SMARTS) is 1. The van der Waals surface area contributed by atoms with Gasteiger partial charge in [-0.2, -0.15) is 0 Å². The number of imidazole rings is 1. The summed E-state index contributed by atoms with van der Waals surface area (Å²) in [6.07, 6.45) is 3.67. The number of rotatable bonds is 2. The van der Waals surface area contributed by atoms with E-state index in [1.165, 1.54) is 0 Å². The maximum Gasteiger partial charge on any atom is 0.339 e. The van der Waals surface area contributed by atoms with Crippen LogP contribution in [0.5, 0.6) is 0 Å². The number of aromatic nitrogens is 2. The van der Waals surface area contributed by atoms with Gasteiger partial charge in [-0.3, -0.25) is 0 Å². The van der Waals surface area contributed by atoms with Gasteiger partial charge in [-0.15, -0.1) is 0 Å². The molecule has 1 N–H and O–H groups in total. The third-order valence-corrected chi connectivity index (χ3v) is 3.38. The summed E-state index contributed by atoms with van der Waals surface area (Å²) < 4.78 is 1.75. The van der Waals surface area contributed by atoms with Crippen molar-refractivity contribution in [1.82, 2.24) is 9.38 Å². The average molecular weight is 266 g/mol. The number of fused-ring (bicyclic) bond motifs is 1.